The summed E-state index contributed by atoms with van der Waals surface area (Å²) in [5, 5.41) is 0. The zero-order chi connectivity index (χ0) is 12.4. The number of hydrogen-bond acceptors (Lipinski definition) is 3. The van der Waals surface area contributed by atoms with E-state index in [1.54, 1.807) is 0 Å². The lowest BCUT2D eigenvalue weighted by atomic mass is 10.1. The normalized spacial score (nSPS) is 10.9. The summed E-state index contributed by atoms with van der Waals surface area (Å²) in [7, 11) is 0. The summed E-state index contributed by atoms with van der Waals surface area (Å²) in [4.78, 5) is 8.65. The molecule has 0 amide bonds. The molecule has 0 bridgehead atoms. The summed E-state index contributed by atoms with van der Waals surface area (Å²) in [6.07, 6.45) is 6.73. The highest BCUT2D eigenvalue weighted by atomic mass is 15.1. The minimum atomic E-state index is 0.442. The summed E-state index contributed by atoms with van der Waals surface area (Å²) < 4.78 is 1.93. The molecule has 0 fully saturated rings. The minimum Gasteiger partial charge on any atom is -0.325 e. The van der Waals surface area contributed by atoms with E-state index in [0.717, 1.165) is 17.7 Å². The molecular formula is C14H14N4. The van der Waals surface area contributed by atoms with E-state index in [1.807, 2.05) is 35.0 Å². The topological polar surface area (TPSA) is 56.2 Å². The Bertz CT molecular complexity index is 658. The van der Waals surface area contributed by atoms with Gasteiger partial charge in [0.2, 0.25) is 5.78 Å². The molecule has 1 aromatic carbocycles. The van der Waals surface area contributed by atoms with Crippen molar-refractivity contribution in [1.29, 1.82) is 0 Å². The van der Waals surface area contributed by atoms with Crippen molar-refractivity contribution >= 4 is 5.78 Å². The summed E-state index contributed by atoms with van der Waals surface area (Å²) in [5.41, 5.74) is 8.87. The Balaban J connectivity index is 1.93. The fraction of sp³-hybridized carbons (Fsp3) is 0.143. The lowest BCUT2D eigenvalue weighted by Crippen LogP contribution is -1.95. The van der Waals surface area contributed by atoms with E-state index in [-0.39, 0.29) is 0 Å². The third kappa shape index (κ3) is 2.10. The van der Waals surface area contributed by atoms with Crippen molar-refractivity contribution in [2.75, 3.05) is 0 Å². The molecule has 0 radical (unpaired) electrons. The smallest absolute Gasteiger partial charge is 0.233 e. The van der Waals surface area contributed by atoms with Crippen LogP contribution in [0.3, 0.4) is 0 Å². The molecule has 2 aromatic heterocycles. The standard InChI is InChI=1S/C14H14N4/c15-7-13-10-18-9-12(8-16-14(18)17-13)6-11-4-2-1-3-5-11/h1-5,8-10H,6-7,15H2. The molecular weight excluding hydrogens is 224 g/mol. The number of nitrogens with zero attached hydrogens (tertiary/aromatic N) is 3. The molecule has 4 heteroatoms. The van der Waals surface area contributed by atoms with Crippen LogP contribution in [0.25, 0.3) is 5.78 Å². The van der Waals surface area contributed by atoms with Gasteiger partial charge in [-0.05, 0) is 11.1 Å². The van der Waals surface area contributed by atoms with Crippen molar-refractivity contribution in [3.8, 4) is 0 Å². The van der Waals surface area contributed by atoms with Crippen LogP contribution >= 0.6 is 0 Å². The van der Waals surface area contributed by atoms with E-state index in [0.29, 0.717) is 12.3 Å². The third-order valence-electron chi connectivity index (χ3n) is 2.87. The van der Waals surface area contributed by atoms with Gasteiger partial charge >= 0.3 is 0 Å². The van der Waals surface area contributed by atoms with Crippen LogP contribution in [0.1, 0.15) is 16.8 Å². The Morgan fingerprint density at radius 3 is 2.67 bits per heavy atom. The molecule has 2 N–H and O–H groups in total. The Morgan fingerprint density at radius 1 is 1.06 bits per heavy atom. The van der Waals surface area contributed by atoms with Gasteiger partial charge in [0, 0.05) is 31.6 Å². The van der Waals surface area contributed by atoms with Crippen LogP contribution in [0.15, 0.2) is 48.9 Å². The van der Waals surface area contributed by atoms with Crippen LogP contribution in [-0.4, -0.2) is 14.4 Å². The van der Waals surface area contributed by atoms with Gasteiger partial charge in [-0.1, -0.05) is 30.3 Å². The number of fused-ring (bicyclic) bond motifs is 1. The molecule has 0 atom stereocenters. The molecule has 18 heavy (non-hydrogen) atoms. The SMILES string of the molecule is NCc1cn2cc(Cc3ccccc3)cnc2n1. The molecule has 0 aliphatic carbocycles. The van der Waals surface area contributed by atoms with Gasteiger partial charge in [-0.3, -0.25) is 4.40 Å². The van der Waals surface area contributed by atoms with Crippen molar-refractivity contribution < 1.29 is 0 Å². The fourth-order valence-corrected chi connectivity index (χ4v) is 2.00. The Labute approximate surface area is 105 Å². The Morgan fingerprint density at radius 2 is 1.89 bits per heavy atom. The second kappa shape index (κ2) is 4.58. The van der Waals surface area contributed by atoms with Gasteiger partial charge in [0.1, 0.15) is 0 Å². The van der Waals surface area contributed by atoms with Crippen molar-refractivity contribution in [2.24, 2.45) is 5.73 Å². The highest BCUT2D eigenvalue weighted by molar-refractivity contribution is 5.33. The van der Waals surface area contributed by atoms with Crippen molar-refractivity contribution in [3.63, 3.8) is 0 Å². The van der Waals surface area contributed by atoms with Crippen LogP contribution in [0.2, 0.25) is 0 Å². The molecule has 0 spiro atoms. The summed E-state index contributed by atoms with van der Waals surface area (Å²) in [6, 6.07) is 10.3. The molecule has 0 saturated heterocycles. The van der Waals surface area contributed by atoms with Crippen LogP contribution in [-0.2, 0) is 13.0 Å². The van der Waals surface area contributed by atoms with Gasteiger partial charge in [-0.15, -0.1) is 0 Å². The predicted octanol–water partition coefficient (Wildman–Crippen LogP) is 1.78. The summed E-state index contributed by atoms with van der Waals surface area (Å²) in [6.45, 7) is 0.442. The van der Waals surface area contributed by atoms with Gasteiger partial charge in [-0.25, -0.2) is 9.97 Å². The molecule has 2 heterocycles. The zero-order valence-electron chi connectivity index (χ0n) is 9.95. The Hall–Kier alpha value is -2.20. The van der Waals surface area contributed by atoms with Gasteiger partial charge in [-0.2, -0.15) is 0 Å². The average Bonchev–Trinajstić information content (AvgIpc) is 2.82. The zero-order valence-corrected chi connectivity index (χ0v) is 9.95. The van der Waals surface area contributed by atoms with Crippen LogP contribution in [0.4, 0.5) is 0 Å². The number of nitrogens with two attached hydrogens (primary N) is 1. The molecule has 0 unspecified atom stereocenters. The van der Waals surface area contributed by atoms with Crippen molar-refractivity contribution in [2.45, 2.75) is 13.0 Å². The summed E-state index contributed by atoms with van der Waals surface area (Å²) >= 11 is 0. The first-order valence-electron chi connectivity index (χ1n) is 5.91. The second-order valence-electron chi connectivity index (χ2n) is 4.27. The number of hydrogen-bond donors (Lipinski definition) is 1. The van der Waals surface area contributed by atoms with Crippen molar-refractivity contribution in [3.05, 3.63) is 65.7 Å². The number of benzene rings is 1. The average molecular weight is 238 g/mol. The monoisotopic (exact) mass is 238 g/mol. The minimum absolute atomic E-state index is 0.442. The lowest BCUT2D eigenvalue weighted by molar-refractivity contribution is 1.01. The number of rotatable bonds is 3. The quantitative estimate of drug-likeness (QED) is 0.756. The largest absolute Gasteiger partial charge is 0.325 e. The molecule has 0 aliphatic heterocycles. The molecule has 4 nitrogen and oxygen atoms in total. The first-order valence-corrected chi connectivity index (χ1v) is 5.91. The maximum absolute atomic E-state index is 5.57. The second-order valence-corrected chi connectivity index (χ2v) is 4.27. The predicted molar refractivity (Wildman–Crippen MR) is 70.1 cm³/mol. The van der Waals surface area contributed by atoms with Gasteiger partial charge in [0.05, 0.1) is 5.69 Å². The molecule has 3 aromatic rings. The van der Waals surface area contributed by atoms with E-state index < -0.39 is 0 Å². The van der Waals surface area contributed by atoms with Crippen LogP contribution in [0.5, 0.6) is 0 Å². The number of aromatic nitrogens is 3. The van der Waals surface area contributed by atoms with Crippen LogP contribution in [0, 0.1) is 0 Å². The maximum atomic E-state index is 5.57. The molecule has 3 rings (SSSR count). The van der Waals surface area contributed by atoms with Gasteiger partial charge < -0.3 is 5.73 Å². The van der Waals surface area contributed by atoms with E-state index in [4.69, 9.17) is 5.73 Å². The van der Waals surface area contributed by atoms with E-state index in [1.165, 1.54) is 5.56 Å². The van der Waals surface area contributed by atoms with Crippen LogP contribution < -0.4 is 5.73 Å². The van der Waals surface area contributed by atoms with E-state index in [2.05, 4.69) is 28.3 Å². The first kappa shape index (κ1) is 10.9. The van der Waals surface area contributed by atoms with Gasteiger partial charge in [0.15, 0.2) is 0 Å². The molecule has 0 aliphatic rings. The fourth-order valence-electron chi connectivity index (χ4n) is 2.00. The lowest BCUT2D eigenvalue weighted by Gasteiger charge is -2.01. The van der Waals surface area contributed by atoms with E-state index >= 15 is 0 Å². The van der Waals surface area contributed by atoms with E-state index in [9.17, 15) is 0 Å². The summed E-state index contributed by atoms with van der Waals surface area (Å²) in [5.74, 6) is 0.701. The highest BCUT2D eigenvalue weighted by Gasteiger charge is 2.03. The van der Waals surface area contributed by atoms with Crippen molar-refractivity contribution in [1.82, 2.24) is 14.4 Å². The first-order chi connectivity index (χ1) is 8.85. The number of imidazole rings is 1. The maximum Gasteiger partial charge on any atom is 0.233 e. The third-order valence-corrected chi connectivity index (χ3v) is 2.87. The van der Waals surface area contributed by atoms with Gasteiger partial charge in [0.25, 0.3) is 0 Å². The Kier molecular flexibility index (Phi) is 2.78. The highest BCUT2D eigenvalue weighted by Crippen LogP contribution is 2.10. The molecule has 90 valence electrons. The molecule has 0 saturated carbocycles.